The Kier molecular flexibility index (Phi) is 5.64. The second kappa shape index (κ2) is 8.10. The molecule has 0 bridgehead atoms. The fourth-order valence-electron chi connectivity index (χ4n) is 2.34. The highest BCUT2D eigenvalue weighted by Gasteiger charge is 2.06. The van der Waals surface area contributed by atoms with Gasteiger partial charge in [-0.25, -0.2) is 4.79 Å². The van der Waals surface area contributed by atoms with Crippen LogP contribution in [0.25, 0.3) is 10.8 Å². The van der Waals surface area contributed by atoms with Gasteiger partial charge in [-0.1, -0.05) is 59.6 Å². The Morgan fingerprint density at radius 2 is 1.72 bits per heavy atom. The van der Waals surface area contributed by atoms with Crippen molar-refractivity contribution < 1.29 is 14.3 Å². The molecule has 25 heavy (non-hydrogen) atoms. The number of amides is 1. The van der Waals surface area contributed by atoms with Gasteiger partial charge in [0.15, 0.2) is 0 Å². The van der Waals surface area contributed by atoms with Crippen LogP contribution in [0.15, 0.2) is 60.7 Å². The molecule has 0 saturated heterocycles. The molecule has 0 saturated carbocycles. The molecule has 6 heteroatoms. The van der Waals surface area contributed by atoms with Crippen LogP contribution in [0.5, 0.6) is 5.75 Å². The number of anilines is 1. The first-order valence-electron chi connectivity index (χ1n) is 7.63. The maximum absolute atomic E-state index is 11.8. The number of hydrogen-bond donors (Lipinski definition) is 1. The third-order valence-electron chi connectivity index (χ3n) is 3.49. The summed E-state index contributed by atoms with van der Waals surface area (Å²) >= 11 is 11.7. The molecule has 0 aromatic heterocycles. The number of nitrogens with one attached hydrogen (secondary N) is 1. The molecule has 0 spiro atoms. The molecule has 0 radical (unpaired) electrons. The molecule has 1 amide bonds. The predicted molar refractivity (Wildman–Crippen MR) is 101 cm³/mol. The number of carbonyl (C=O) groups is 1. The molecule has 0 atom stereocenters. The Bertz CT molecular complexity index is 893. The molecule has 0 aliphatic heterocycles. The van der Waals surface area contributed by atoms with Crippen molar-refractivity contribution in [1.82, 2.24) is 0 Å². The average Bonchev–Trinajstić information content (AvgIpc) is 2.62. The van der Waals surface area contributed by atoms with Gasteiger partial charge in [-0.2, -0.15) is 0 Å². The number of halogens is 2. The first-order chi connectivity index (χ1) is 12.1. The first-order valence-corrected chi connectivity index (χ1v) is 8.38. The minimum atomic E-state index is -0.583. The van der Waals surface area contributed by atoms with Crippen molar-refractivity contribution in [1.29, 1.82) is 0 Å². The molecule has 0 fully saturated rings. The minimum absolute atomic E-state index is 0.121. The fraction of sp³-hybridized carbons (Fsp3) is 0.105. The number of rotatable bonds is 5. The Hall–Kier alpha value is -2.43. The SMILES string of the molecule is O=C(Nc1ccc(Cl)c(Cl)c1)OCCOc1cccc2ccccc12. The normalized spacial score (nSPS) is 10.5. The quantitative estimate of drug-likeness (QED) is 0.575. The molecule has 3 aromatic carbocycles. The number of hydrogen-bond acceptors (Lipinski definition) is 3. The highest BCUT2D eigenvalue weighted by molar-refractivity contribution is 6.42. The Labute approximate surface area is 155 Å². The summed E-state index contributed by atoms with van der Waals surface area (Å²) in [6.45, 7) is 0.374. The van der Waals surface area contributed by atoms with Crippen LogP contribution in [0, 0.1) is 0 Å². The molecule has 3 aromatic rings. The Morgan fingerprint density at radius 1 is 0.920 bits per heavy atom. The molecule has 128 valence electrons. The fourth-order valence-corrected chi connectivity index (χ4v) is 2.63. The lowest BCUT2D eigenvalue weighted by Gasteiger charge is -2.10. The first kappa shape index (κ1) is 17.4. The number of carbonyl (C=O) groups excluding carboxylic acids is 1. The molecule has 0 aliphatic rings. The zero-order valence-corrected chi connectivity index (χ0v) is 14.7. The zero-order valence-electron chi connectivity index (χ0n) is 13.2. The largest absolute Gasteiger partial charge is 0.489 e. The standard InChI is InChI=1S/C19H15Cl2NO3/c20-16-9-8-14(12-17(16)21)22-19(23)25-11-10-24-18-7-3-5-13-4-1-2-6-15(13)18/h1-9,12H,10-11H2,(H,22,23). The van der Waals surface area contributed by atoms with Gasteiger partial charge < -0.3 is 9.47 Å². The Morgan fingerprint density at radius 3 is 2.56 bits per heavy atom. The molecular formula is C19H15Cl2NO3. The lowest BCUT2D eigenvalue weighted by molar-refractivity contribution is 0.138. The number of fused-ring (bicyclic) bond motifs is 1. The summed E-state index contributed by atoms with van der Waals surface area (Å²) in [5, 5.41) is 5.47. The lowest BCUT2D eigenvalue weighted by atomic mass is 10.1. The monoisotopic (exact) mass is 375 g/mol. The van der Waals surface area contributed by atoms with Crippen molar-refractivity contribution in [3.05, 3.63) is 70.7 Å². The molecule has 0 unspecified atom stereocenters. The van der Waals surface area contributed by atoms with Crippen LogP contribution in [0.1, 0.15) is 0 Å². The second-order valence-electron chi connectivity index (χ2n) is 5.22. The molecule has 4 nitrogen and oxygen atoms in total. The lowest BCUT2D eigenvalue weighted by Crippen LogP contribution is -2.17. The molecule has 0 aliphatic carbocycles. The topological polar surface area (TPSA) is 47.6 Å². The van der Waals surface area contributed by atoms with E-state index in [0.717, 1.165) is 16.5 Å². The summed E-state index contributed by atoms with van der Waals surface area (Å²) < 4.78 is 10.8. The predicted octanol–water partition coefficient (Wildman–Crippen LogP) is 5.77. The zero-order chi connectivity index (χ0) is 17.6. The molecule has 3 rings (SSSR count). The van der Waals surface area contributed by atoms with E-state index < -0.39 is 6.09 Å². The second-order valence-corrected chi connectivity index (χ2v) is 6.03. The number of benzene rings is 3. The van der Waals surface area contributed by atoms with Gasteiger partial charge in [0.25, 0.3) is 0 Å². The van der Waals surface area contributed by atoms with E-state index >= 15 is 0 Å². The van der Waals surface area contributed by atoms with E-state index in [1.54, 1.807) is 18.2 Å². The van der Waals surface area contributed by atoms with E-state index in [2.05, 4.69) is 5.32 Å². The van der Waals surface area contributed by atoms with E-state index in [-0.39, 0.29) is 13.2 Å². The highest BCUT2D eigenvalue weighted by atomic mass is 35.5. The molecule has 1 N–H and O–H groups in total. The van der Waals surface area contributed by atoms with Crippen molar-refractivity contribution in [2.75, 3.05) is 18.5 Å². The molecule has 0 heterocycles. The van der Waals surface area contributed by atoms with Crippen LogP contribution in [0.2, 0.25) is 10.0 Å². The van der Waals surface area contributed by atoms with Gasteiger partial charge in [0.05, 0.1) is 10.0 Å². The summed E-state index contributed by atoms with van der Waals surface area (Å²) in [4.78, 5) is 11.8. The van der Waals surface area contributed by atoms with Gasteiger partial charge in [0.1, 0.15) is 19.0 Å². The average molecular weight is 376 g/mol. The summed E-state index contributed by atoms with van der Waals surface area (Å²) in [5.41, 5.74) is 0.509. The van der Waals surface area contributed by atoms with E-state index in [4.69, 9.17) is 32.7 Å². The Balaban J connectivity index is 1.49. The number of ether oxygens (including phenoxy) is 2. The maximum atomic E-state index is 11.8. The van der Waals surface area contributed by atoms with E-state index in [0.29, 0.717) is 15.7 Å². The minimum Gasteiger partial charge on any atom is -0.489 e. The van der Waals surface area contributed by atoms with E-state index in [9.17, 15) is 4.79 Å². The van der Waals surface area contributed by atoms with E-state index in [1.807, 2.05) is 42.5 Å². The van der Waals surface area contributed by atoms with E-state index in [1.165, 1.54) is 0 Å². The van der Waals surface area contributed by atoms with Gasteiger partial charge in [0.2, 0.25) is 0 Å². The summed E-state index contributed by atoms with van der Waals surface area (Å²) in [7, 11) is 0. The van der Waals surface area contributed by atoms with Crippen LogP contribution in [-0.2, 0) is 4.74 Å². The van der Waals surface area contributed by atoms with Crippen LogP contribution in [0.4, 0.5) is 10.5 Å². The smallest absolute Gasteiger partial charge is 0.411 e. The van der Waals surface area contributed by atoms with Crippen molar-refractivity contribution >= 4 is 45.8 Å². The van der Waals surface area contributed by atoms with Crippen molar-refractivity contribution in [3.8, 4) is 5.75 Å². The van der Waals surface area contributed by atoms with Crippen molar-refractivity contribution in [2.45, 2.75) is 0 Å². The van der Waals surface area contributed by atoms with Crippen LogP contribution >= 0.6 is 23.2 Å². The van der Waals surface area contributed by atoms with Gasteiger partial charge in [-0.3, -0.25) is 5.32 Å². The van der Waals surface area contributed by atoms with Crippen molar-refractivity contribution in [2.24, 2.45) is 0 Å². The van der Waals surface area contributed by atoms with Crippen molar-refractivity contribution in [3.63, 3.8) is 0 Å². The van der Waals surface area contributed by atoms with Crippen LogP contribution in [0.3, 0.4) is 0 Å². The van der Waals surface area contributed by atoms with Gasteiger partial charge >= 0.3 is 6.09 Å². The van der Waals surface area contributed by atoms with Crippen LogP contribution in [-0.4, -0.2) is 19.3 Å². The summed E-state index contributed by atoms with van der Waals surface area (Å²) in [6.07, 6.45) is -0.583. The van der Waals surface area contributed by atoms with Gasteiger partial charge in [-0.05, 0) is 29.7 Å². The third kappa shape index (κ3) is 4.56. The van der Waals surface area contributed by atoms with Crippen LogP contribution < -0.4 is 10.1 Å². The highest BCUT2D eigenvalue weighted by Crippen LogP contribution is 2.26. The summed E-state index contributed by atoms with van der Waals surface area (Å²) in [6, 6.07) is 18.6. The van der Waals surface area contributed by atoms with Gasteiger partial charge in [0, 0.05) is 11.1 Å². The summed E-state index contributed by atoms with van der Waals surface area (Å²) in [5.74, 6) is 0.756. The van der Waals surface area contributed by atoms with Gasteiger partial charge in [-0.15, -0.1) is 0 Å². The third-order valence-corrected chi connectivity index (χ3v) is 4.23. The maximum Gasteiger partial charge on any atom is 0.411 e. The molecular weight excluding hydrogens is 361 g/mol.